The number of benzene rings is 1. The Kier molecular flexibility index (Phi) is 5.34. The first-order valence-electron chi connectivity index (χ1n) is 5.58. The third kappa shape index (κ3) is 5.18. The molecule has 100 valence electrons. The van der Waals surface area contributed by atoms with Crippen LogP contribution in [0.15, 0.2) is 28.7 Å². The molecule has 0 spiro atoms. The molecule has 1 aromatic carbocycles. The highest BCUT2D eigenvalue weighted by molar-refractivity contribution is 9.10. The molecule has 0 heterocycles. The zero-order chi connectivity index (χ0) is 13.8. The van der Waals surface area contributed by atoms with Crippen molar-refractivity contribution >= 4 is 31.9 Å². The molecule has 0 aliphatic carbocycles. The molecule has 0 aliphatic rings. The van der Waals surface area contributed by atoms with Crippen molar-refractivity contribution < 1.29 is 13.2 Å². The first kappa shape index (κ1) is 15.2. The minimum atomic E-state index is -3.49. The second-order valence-electron chi connectivity index (χ2n) is 4.18. The quantitative estimate of drug-likeness (QED) is 0.897. The van der Waals surface area contributed by atoms with Crippen LogP contribution >= 0.6 is 15.9 Å². The first-order valence-corrected chi connectivity index (χ1v) is 8.26. The summed E-state index contributed by atoms with van der Waals surface area (Å²) in [4.78, 5) is 11.8. The number of sulfonamides is 1. The molecule has 1 N–H and O–H groups in total. The lowest BCUT2D eigenvalue weighted by atomic mass is 9.96. The van der Waals surface area contributed by atoms with E-state index >= 15 is 0 Å². The molecule has 1 unspecified atom stereocenters. The summed E-state index contributed by atoms with van der Waals surface area (Å²) in [5.41, 5.74) is 1.000. The summed E-state index contributed by atoms with van der Waals surface area (Å²) in [6.07, 6.45) is 2.10. The lowest BCUT2D eigenvalue weighted by Crippen LogP contribution is -2.35. The van der Waals surface area contributed by atoms with Gasteiger partial charge in [-0.1, -0.05) is 35.0 Å². The number of amides is 1. The van der Waals surface area contributed by atoms with E-state index in [-0.39, 0.29) is 5.92 Å². The van der Waals surface area contributed by atoms with Gasteiger partial charge in [-0.3, -0.25) is 9.52 Å². The maximum atomic E-state index is 11.8. The molecule has 18 heavy (non-hydrogen) atoms. The molecule has 0 radical (unpaired) electrons. The topological polar surface area (TPSA) is 63.2 Å². The third-order valence-electron chi connectivity index (χ3n) is 2.52. The van der Waals surface area contributed by atoms with Crippen LogP contribution < -0.4 is 4.72 Å². The highest BCUT2D eigenvalue weighted by Crippen LogP contribution is 2.17. The van der Waals surface area contributed by atoms with Crippen molar-refractivity contribution in [3.8, 4) is 0 Å². The maximum Gasteiger partial charge on any atom is 0.236 e. The Morgan fingerprint density at radius 2 is 2.11 bits per heavy atom. The van der Waals surface area contributed by atoms with E-state index in [4.69, 9.17) is 0 Å². The van der Waals surface area contributed by atoms with Gasteiger partial charge < -0.3 is 0 Å². The average Bonchev–Trinajstić information content (AvgIpc) is 2.23. The molecule has 1 amide bonds. The highest BCUT2D eigenvalue weighted by atomic mass is 79.9. The second kappa shape index (κ2) is 6.33. The number of hydrogen-bond acceptors (Lipinski definition) is 3. The van der Waals surface area contributed by atoms with Crippen molar-refractivity contribution in [1.29, 1.82) is 0 Å². The van der Waals surface area contributed by atoms with E-state index < -0.39 is 15.9 Å². The fraction of sp³-hybridized carbons (Fsp3) is 0.417. The van der Waals surface area contributed by atoms with Gasteiger partial charge >= 0.3 is 0 Å². The van der Waals surface area contributed by atoms with Crippen LogP contribution in [0.25, 0.3) is 0 Å². The molecule has 4 nitrogen and oxygen atoms in total. The molecular weight excluding hydrogens is 318 g/mol. The summed E-state index contributed by atoms with van der Waals surface area (Å²) in [5.74, 6) is -0.783. The van der Waals surface area contributed by atoms with Crippen molar-refractivity contribution in [2.24, 2.45) is 5.92 Å². The molecule has 0 saturated heterocycles. The molecule has 1 rings (SSSR count). The fourth-order valence-electron chi connectivity index (χ4n) is 1.64. The average molecular weight is 334 g/mol. The van der Waals surface area contributed by atoms with Gasteiger partial charge in [0.1, 0.15) is 0 Å². The smallest absolute Gasteiger partial charge is 0.236 e. The van der Waals surface area contributed by atoms with Crippen LogP contribution in [0.2, 0.25) is 0 Å². The van der Waals surface area contributed by atoms with Crippen LogP contribution in [-0.2, 0) is 21.2 Å². The van der Waals surface area contributed by atoms with Crippen molar-refractivity contribution in [3.63, 3.8) is 0 Å². The van der Waals surface area contributed by atoms with Crippen LogP contribution in [0, 0.1) is 5.92 Å². The van der Waals surface area contributed by atoms with Crippen LogP contribution in [0.4, 0.5) is 0 Å². The Morgan fingerprint density at radius 1 is 1.44 bits per heavy atom. The highest BCUT2D eigenvalue weighted by Gasteiger charge is 2.19. The van der Waals surface area contributed by atoms with Crippen molar-refractivity contribution in [1.82, 2.24) is 4.72 Å². The van der Waals surface area contributed by atoms with Crippen LogP contribution in [-0.4, -0.2) is 20.6 Å². The van der Waals surface area contributed by atoms with Gasteiger partial charge in [-0.25, -0.2) is 8.42 Å². The first-order chi connectivity index (χ1) is 8.31. The summed E-state index contributed by atoms with van der Waals surface area (Å²) in [5, 5.41) is 0. The summed E-state index contributed by atoms with van der Waals surface area (Å²) in [6, 6.07) is 7.64. The van der Waals surface area contributed by atoms with Gasteiger partial charge in [-0.2, -0.15) is 0 Å². The van der Waals surface area contributed by atoms with E-state index in [9.17, 15) is 13.2 Å². The van der Waals surface area contributed by atoms with Gasteiger partial charge in [0.25, 0.3) is 0 Å². The lowest BCUT2D eigenvalue weighted by Gasteiger charge is -2.14. The van der Waals surface area contributed by atoms with E-state index in [2.05, 4.69) is 15.9 Å². The van der Waals surface area contributed by atoms with E-state index in [1.165, 1.54) is 0 Å². The standard InChI is InChI=1S/C12H16BrNO3S/c1-3-10(12(15)14-18(2,16)17)7-9-5-4-6-11(13)8-9/h4-6,8,10H,3,7H2,1-2H3,(H,14,15). The number of halogens is 1. The Hall–Kier alpha value is -0.880. The zero-order valence-corrected chi connectivity index (χ0v) is 12.7. The predicted octanol–water partition coefficient (Wildman–Crippen LogP) is 2.09. The number of nitrogens with one attached hydrogen (secondary N) is 1. The molecule has 1 atom stereocenters. The summed E-state index contributed by atoms with van der Waals surface area (Å²) < 4.78 is 25.0. The molecule has 0 aliphatic heterocycles. The molecule has 0 fully saturated rings. The van der Waals surface area contributed by atoms with E-state index in [0.29, 0.717) is 12.8 Å². The van der Waals surface area contributed by atoms with Crippen LogP contribution in [0.3, 0.4) is 0 Å². The monoisotopic (exact) mass is 333 g/mol. The van der Waals surface area contributed by atoms with Crippen molar-refractivity contribution in [2.75, 3.05) is 6.26 Å². The maximum absolute atomic E-state index is 11.8. The van der Waals surface area contributed by atoms with Gasteiger partial charge in [0.15, 0.2) is 0 Å². The molecule has 0 bridgehead atoms. The normalized spacial score (nSPS) is 13.1. The van der Waals surface area contributed by atoms with Crippen molar-refractivity contribution in [2.45, 2.75) is 19.8 Å². The molecule has 6 heteroatoms. The predicted molar refractivity (Wildman–Crippen MR) is 74.6 cm³/mol. The Morgan fingerprint density at radius 3 is 2.61 bits per heavy atom. The van der Waals surface area contributed by atoms with E-state index in [1.807, 2.05) is 35.9 Å². The van der Waals surface area contributed by atoms with Crippen LogP contribution in [0.5, 0.6) is 0 Å². The number of carbonyl (C=O) groups excluding carboxylic acids is 1. The third-order valence-corrected chi connectivity index (χ3v) is 3.59. The number of rotatable bonds is 5. The SMILES string of the molecule is CCC(Cc1cccc(Br)c1)C(=O)NS(C)(=O)=O. The Bertz CT molecular complexity index is 528. The minimum absolute atomic E-state index is 0.339. The van der Waals surface area contributed by atoms with E-state index in [0.717, 1.165) is 16.3 Å². The van der Waals surface area contributed by atoms with Gasteiger partial charge in [0.2, 0.25) is 15.9 Å². The number of carbonyl (C=O) groups is 1. The molecule has 0 saturated carbocycles. The van der Waals surface area contributed by atoms with Gasteiger partial charge in [0.05, 0.1) is 6.26 Å². The van der Waals surface area contributed by atoms with Gasteiger partial charge in [-0.15, -0.1) is 0 Å². The van der Waals surface area contributed by atoms with Crippen molar-refractivity contribution in [3.05, 3.63) is 34.3 Å². The van der Waals surface area contributed by atoms with Gasteiger partial charge in [0, 0.05) is 10.4 Å². The molecule has 1 aromatic rings. The fourth-order valence-corrected chi connectivity index (χ4v) is 2.62. The minimum Gasteiger partial charge on any atom is -0.274 e. The van der Waals surface area contributed by atoms with E-state index in [1.54, 1.807) is 0 Å². The Labute approximate surface area is 116 Å². The van der Waals surface area contributed by atoms with Gasteiger partial charge in [-0.05, 0) is 30.5 Å². The largest absolute Gasteiger partial charge is 0.274 e. The van der Waals surface area contributed by atoms with Crippen LogP contribution in [0.1, 0.15) is 18.9 Å². The molecular formula is C12H16BrNO3S. The lowest BCUT2D eigenvalue weighted by molar-refractivity contribution is -0.123. The summed E-state index contributed by atoms with van der Waals surface area (Å²) in [7, 11) is -3.49. The molecule has 0 aromatic heterocycles. The Balaban J connectivity index is 2.76. The summed E-state index contributed by atoms with van der Waals surface area (Å²) in [6.45, 7) is 1.87. The summed E-state index contributed by atoms with van der Waals surface area (Å²) >= 11 is 3.36. The number of hydrogen-bond donors (Lipinski definition) is 1. The second-order valence-corrected chi connectivity index (χ2v) is 6.84. The zero-order valence-electron chi connectivity index (χ0n) is 10.3.